The van der Waals surface area contributed by atoms with E-state index in [1.165, 1.54) is 20.5 Å². The van der Waals surface area contributed by atoms with Crippen molar-refractivity contribution in [2.75, 3.05) is 12.5 Å². The van der Waals surface area contributed by atoms with Gasteiger partial charge in [-0.05, 0) is 31.9 Å². The molecule has 102 valence electrons. The van der Waals surface area contributed by atoms with Gasteiger partial charge in [0.25, 0.3) is 0 Å². The topological polar surface area (TPSA) is 35.0 Å². The van der Waals surface area contributed by atoms with E-state index in [4.69, 9.17) is 4.74 Å². The van der Waals surface area contributed by atoms with E-state index in [1.807, 2.05) is 11.3 Å². The number of aromatic nitrogens is 2. The van der Waals surface area contributed by atoms with Crippen LogP contribution in [0.5, 0.6) is 0 Å². The van der Waals surface area contributed by atoms with E-state index in [-0.39, 0.29) is 5.60 Å². The predicted molar refractivity (Wildman–Crippen MR) is 83.5 cm³/mol. The number of hydrogen-bond acceptors (Lipinski definition) is 6. The lowest BCUT2D eigenvalue weighted by Gasteiger charge is -2.30. The van der Waals surface area contributed by atoms with Gasteiger partial charge in [-0.3, -0.25) is 0 Å². The van der Waals surface area contributed by atoms with Gasteiger partial charge in [-0.1, -0.05) is 0 Å². The molecule has 1 aliphatic rings. The second-order valence-electron chi connectivity index (χ2n) is 5.15. The molecule has 0 N–H and O–H groups in total. The highest BCUT2D eigenvalue weighted by Crippen LogP contribution is 2.44. The molecule has 6 heteroatoms. The lowest BCUT2D eigenvalue weighted by atomic mass is 9.94. The first-order valence-electron chi connectivity index (χ1n) is 6.08. The highest BCUT2D eigenvalue weighted by Gasteiger charge is 2.31. The van der Waals surface area contributed by atoms with Gasteiger partial charge in [0.15, 0.2) is 0 Å². The maximum Gasteiger partial charge on any atom is 0.136 e. The van der Waals surface area contributed by atoms with Crippen LogP contribution in [0.2, 0.25) is 0 Å². The minimum Gasteiger partial charge on any atom is -0.370 e. The van der Waals surface area contributed by atoms with Crippen molar-refractivity contribution in [2.24, 2.45) is 0 Å². The van der Waals surface area contributed by atoms with Crippen molar-refractivity contribution < 1.29 is 4.74 Å². The molecule has 0 saturated carbocycles. The third-order valence-corrected chi connectivity index (χ3v) is 6.00. The van der Waals surface area contributed by atoms with Crippen LogP contribution in [0, 0.1) is 0 Å². The number of thiophene rings is 1. The molecule has 1 aliphatic heterocycles. The van der Waals surface area contributed by atoms with Crippen LogP contribution >= 0.6 is 34.9 Å². The van der Waals surface area contributed by atoms with E-state index in [0.29, 0.717) is 6.61 Å². The molecule has 0 fully saturated rings. The average molecular weight is 312 g/mol. The molecule has 0 radical (unpaired) electrons. The van der Waals surface area contributed by atoms with Gasteiger partial charge in [0, 0.05) is 16.7 Å². The Hall–Kier alpha value is -0.300. The van der Waals surface area contributed by atoms with Crippen molar-refractivity contribution in [3.63, 3.8) is 0 Å². The number of rotatable bonds is 2. The summed E-state index contributed by atoms with van der Waals surface area (Å²) in [5, 5.41) is 12.1. The van der Waals surface area contributed by atoms with Crippen molar-refractivity contribution in [1.29, 1.82) is 0 Å². The Morgan fingerprint density at radius 3 is 2.53 bits per heavy atom. The number of ether oxygens (including phenoxy) is 1. The molecule has 3 heterocycles. The standard InChI is InChI=1S/C13H16N2OS3/c1-13(2)5-7-8(6-16-13)19-10-9(7)11(17-3)14-15-12(10)18-4/h5-6H2,1-4H3. The number of hydrogen-bond donors (Lipinski definition) is 0. The molecular formula is C13H16N2OS3. The van der Waals surface area contributed by atoms with Crippen LogP contribution in [-0.4, -0.2) is 28.3 Å². The van der Waals surface area contributed by atoms with E-state index in [9.17, 15) is 0 Å². The number of fused-ring (bicyclic) bond motifs is 3. The first-order chi connectivity index (χ1) is 9.05. The third kappa shape index (κ3) is 2.28. The number of nitrogens with zero attached hydrogens (tertiary/aromatic N) is 2. The van der Waals surface area contributed by atoms with Crippen LogP contribution in [0.1, 0.15) is 24.3 Å². The zero-order valence-electron chi connectivity index (χ0n) is 11.4. The minimum absolute atomic E-state index is 0.0839. The molecule has 0 saturated heterocycles. The molecule has 3 rings (SSSR count). The summed E-state index contributed by atoms with van der Waals surface area (Å²) in [4.78, 5) is 1.34. The second kappa shape index (κ2) is 4.91. The first kappa shape index (κ1) is 13.7. The van der Waals surface area contributed by atoms with Gasteiger partial charge >= 0.3 is 0 Å². The summed E-state index contributed by atoms with van der Waals surface area (Å²) < 4.78 is 7.20. The van der Waals surface area contributed by atoms with Crippen LogP contribution in [0.25, 0.3) is 10.1 Å². The summed E-state index contributed by atoms with van der Waals surface area (Å²) in [6.07, 6.45) is 5.08. The van der Waals surface area contributed by atoms with Crippen LogP contribution in [0.3, 0.4) is 0 Å². The Bertz CT molecular complexity index is 636. The Morgan fingerprint density at radius 1 is 1.16 bits per heavy atom. The summed E-state index contributed by atoms with van der Waals surface area (Å²) in [5.41, 5.74) is 1.34. The second-order valence-corrected chi connectivity index (χ2v) is 7.85. The molecule has 0 aliphatic carbocycles. The lowest BCUT2D eigenvalue weighted by Crippen LogP contribution is -2.31. The molecule has 19 heavy (non-hydrogen) atoms. The summed E-state index contributed by atoms with van der Waals surface area (Å²) in [7, 11) is 0. The van der Waals surface area contributed by atoms with Gasteiger partial charge < -0.3 is 4.74 Å². The summed E-state index contributed by atoms with van der Waals surface area (Å²) in [6, 6.07) is 0. The lowest BCUT2D eigenvalue weighted by molar-refractivity contribution is -0.0379. The highest BCUT2D eigenvalue weighted by molar-refractivity contribution is 7.99. The molecule has 2 aromatic rings. The zero-order valence-corrected chi connectivity index (χ0v) is 13.9. The summed E-state index contributed by atoms with van der Waals surface area (Å²) >= 11 is 5.17. The van der Waals surface area contributed by atoms with Crippen molar-refractivity contribution in [3.05, 3.63) is 10.4 Å². The quantitative estimate of drug-likeness (QED) is 0.784. The Morgan fingerprint density at radius 2 is 1.84 bits per heavy atom. The first-order valence-corrected chi connectivity index (χ1v) is 9.35. The fraction of sp³-hybridized carbons (Fsp3) is 0.538. The van der Waals surface area contributed by atoms with Gasteiger partial charge in [-0.25, -0.2) is 0 Å². The monoisotopic (exact) mass is 312 g/mol. The third-order valence-electron chi connectivity index (χ3n) is 3.31. The van der Waals surface area contributed by atoms with E-state index in [0.717, 1.165) is 16.5 Å². The highest BCUT2D eigenvalue weighted by atomic mass is 32.2. The Kier molecular flexibility index (Phi) is 3.53. The van der Waals surface area contributed by atoms with Crippen molar-refractivity contribution in [1.82, 2.24) is 10.2 Å². The zero-order chi connectivity index (χ0) is 13.6. The van der Waals surface area contributed by atoms with E-state index >= 15 is 0 Å². The van der Waals surface area contributed by atoms with Crippen molar-refractivity contribution in [2.45, 2.75) is 42.5 Å². The van der Waals surface area contributed by atoms with Gasteiger partial charge in [-0.15, -0.1) is 45.1 Å². The van der Waals surface area contributed by atoms with Gasteiger partial charge in [-0.2, -0.15) is 0 Å². The fourth-order valence-electron chi connectivity index (χ4n) is 2.39. The summed E-state index contributed by atoms with van der Waals surface area (Å²) in [5.74, 6) is 0. The SMILES string of the molecule is CSc1nnc(SC)c2c3c(sc12)COC(C)(C)C3. The molecule has 2 aromatic heterocycles. The molecule has 0 amide bonds. The van der Waals surface area contributed by atoms with Gasteiger partial charge in [0.05, 0.1) is 16.9 Å². The molecule has 0 bridgehead atoms. The normalized spacial score (nSPS) is 17.7. The van der Waals surface area contributed by atoms with E-state index in [1.54, 1.807) is 23.5 Å². The smallest absolute Gasteiger partial charge is 0.136 e. The van der Waals surface area contributed by atoms with Crippen LogP contribution in [0.4, 0.5) is 0 Å². The molecule has 0 unspecified atom stereocenters. The molecule has 0 atom stereocenters. The van der Waals surface area contributed by atoms with Crippen molar-refractivity contribution >= 4 is 44.9 Å². The number of thioether (sulfide) groups is 2. The fourth-order valence-corrected chi connectivity index (χ4v) is 4.91. The average Bonchev–Trinajstić information content (AvgIpc) is 2.75. The molecule has 0 spiro atoms. The van der Waals surface area contributed by atoms with Crippen LogP contribution < -0.4 is 0 Å². The van der Waals surface area contributed by atoms with Gasteiger partial charge in [0.2, 0.25) is 0 Å². The summed E-state index contributed by atoms with van der Waals surface area (Å²) in [6.45, 7) is 5.02. The van der Waals surface area contributed by atoms with E-state index < -0.39 is 0 Å². The molecule has 0 aromatic carbocycles. The maximum atomic E-state index is 5.92. The largest absolute Gasteiger partial charge is 0.370 e. The van der Waals surface area contributed by atoms with Crippen molar-refractivity contribution in [3.8, 4) is 0 Å². The Balaban J connectivity index is 2.29. The molecule has 3 nitrogen and oxygen atoms in total. The van der Waals surface area contributed by atoms with Gasteiger partial charge in [0.1, 0.15) is 10.1 Å². The minimum atomic E-state index is -0.0839. The predicted octanol–water partition coefficient (Wildman–Crippen LogP) is 3.99. The van der Waals surface area contributed by atoms with E-state index in [2.05, 4.69) is 36.6 Å². The Labute approximate surface area is 125 Å². The van der Waals surface area contributed by atoms with Crippen LogP contribution in [0.15, 0.2) is 10.1 Å². The maximum absolute atomic E-state index is 5.92. The molecular weight excluding hydrogens is 296 g/mol. The van der Waals surface area contributed by atoms with Crippen LogP contribution in [-0.2, 0) is 17.8 Å².